The van der Waals surface area contributed by atoms with Gasteiger partial charge in [0, 0.05) is 24.7 Å². The van der Waals surface area contributed by atoms with Gasteiger partial charge >= 0.3 is 5.97 Å². The van der Waals surface area contributed by atoms with Gasteiger partial charge in [0.15, 0.2) is 0 Å². The van der Waals surface area contributed by atoms with Gasteiger partial charge in [0.05, 0.1) is 6.61 Å². The van der Waals surface area contributed by atoms with Crippen LogP contribution in [0.15, 0.2) is 0 Å². The number of rotatable bonds is 6. The van der Waals surface area contributed by atoms with Crippen LogP contribution in [0.2, 0.25) is 0 Å². The summed E-state index contributed by atoms with van der Waals surface area (Å²) in [6, 6.07) is -0.130. The van der Waals surface area contributed by atoms with Crippen LogP contribution >= 0.6 is 11.8 Å². The predicted octanol–water partition coefficient (Wildman–Crippen LogP) is 0.661. The SMILES string of the molecule is CCCOCCOC(=O)C1CSCCN1. The van der Waals surface area contributed by atoms with E-state index in [1.165, 1.54) is 0 Å². The van der Waals surface area contributed by atoms with Gasteiger partial charge in [0.1, 0.15) is 12.6 Å². The lowest BCUT2D eigenvalue weighted by molar-refractivity contribution is -0.147. The molecule has 1 aliphatic heterocycles. The first-order valence-corrected chi connectivity index (χ1v) is 6.55. The molecule has 0 amide bonds. The molecule has 88 valence electrons. The van der Waals surface area contributed by atoms with Crippen molar-refractivity contribution in [2.45, 2.75) is 19.4 Å². The number of esters is 1. The highest BCUT2D eigenvalue weighted by Crippen LogP contribution is 2.08. The zero-order valence-electron chi connectivity index (χ0n) is 9.16. The van der Waals surface area contributed by atoms with Gasteiger partial charge in [0.2, 0.25) is 0 Å². The topological polar surface area (TPSA) is 47.6 Å². The summed E-state index contributed by atoms with van der Waals surface area (Å²) in [5.41, 5.74) is 0. The van der Waals surface area contributed by atoms with Gasteiger partial charge < -0.3 is 14.8 Å². The van der Waals surface area contributed by atoms with Crippen LogP contribution in [-0.4, -0.2) is 49.9 Å². The number of nitrogens with one attached hydrogen (secondary N) is 1. The Balaban J connectivity index is 2.02. The van der Waals surface area contributed by atoms with Crippen LogP contribution < -0.4 is 5.32 Å². The third-order valence-corrected chi connectivity index (χ3v) is 3.09. The molecule has 0 aromatic carbocycles. The number of hydrogen-bond acceptors (Lipinski definition) is 5. The monoisotopic (exact) mass is 233 g/mol. The van der Waals surface area contributed by atoms with Gasteiger partial charge in [-0.1, -0.05) is 6.92 Å². The van der Waals surface area contributed by atoms with Crippen molar-refractivity contribution in [3.63, 3.8) is 0 Å². The van der Waals surface area contributed by atoms with E-state index in [9.17, 15) is 4.79 Å². The summed E-state index contributed by atoms with van der Waals surface area (Å²) in [6.45, 7) is 4.53. The van der Waals surface area contributed by atoms with Crippen LogP contribution in [0, 0.1) is 0 Å². The zero-order chi connectivity index (χ0) is 10.9. The fourth-order valence-electron chi connectivity index (χ4n) is 1.26. The standard InChI is InChI=1S/C10H19NO3S/c1-2-4-13-5-6-14-10(12)9-8-15-7-3-11-9/h9,11H,2-8H2,1H3. The second-order valence-electron chi connectivity index (χ2n) is 3.36. The molecule has 1 rings (SSSR count). The summed E-state index contributed by atoms with van der Waals surface area (Å²) in [6.07, 6.45) is 0.995. The molecule has 1 unspecified atom stereocenters. The quantitative estimate of drug-likeness (QED) is 0.539. The van der Waals surface area contributed by atoms with E-state index in [1.807, 2.05) is 0 Å². The summed E-state index contributed by atoms with van der Waals surface area (Å²) < 4.78 is 10.3. The Morgan fingerprint density at radius 3 is 3.00 bits per heavy atom. The maximum Gasteiger partial charge on any atom is 0.324 e. The maximum absolute atomic E-state index is 11.5. The van der Waals surface area contributed by atoms with E-state index in [-0.39, 0.29) is 12.0 Å². The second kappa shape index (κ2) is 7.96. The van der Waals surface area contributed by atoms with E-state index in [1.54, 1.807) is 11.8 Å². The number of carbonyl (C=O) groups is 1. The Hall–Kier alpha value is -0.260. The molecule has 0 spiro atoms. The van der Waals surface area contributed by atoms with Crippen molar-refractivity contribution in [3.05, 3.63) is 0 Å². The van der Waals surface area contributed by atoms with Crippen LogP contribution in [-0.2, 0) is 14.3 Å². The summed E-state index contributed by atoms with van der Waals surface area (Å²) in [5.74, 6) is 1.74. The summed E-state index contributed by atoms with van der Waals surface area (Å²) >= 11 is 1.78. The van der Waals surface area contributed by atoms with E-state index >= 15 is 0 Å². The highest BCUT2D eigenvalue weighted by Gasteiger charge is 2.21. The van der Waals surface area contributed by atoms with Gasteiger partial charge in [-0.2, -0.15) is 11.8 Å². The van der Waals surface area contributed by atoms with Crippen LogP contribution in [0.4, 0.5) is 0 Å². The minimum absolute atomic E-state index is 0.130. The van der Waals surface area contributed by atoms with E-state index < -0.39 is 0 Å². The molecular weight excluding hydrogens is 214 g/mol. The third kappa shape index (κ3) is 5.39. The number of ether oxygens (including phenoxy) is 2. The summed E-state index contributed by atoms with van der Waals surface area (Å²) in [4.78, 5) is 11.5. The Kier molecular flexibility index (Phi) is 6.80. The van der Waals surface area contributed by atoms with E-state index in [0.29, 0.717) is 13.2 Å². The zero-order valence-corrected chi connectivity index (χ0v) is 9.98. The third-order valence-electron chi connectivity index (χ3n) is 2.03. The number of carbonyl (C=O) groups excluding carboxylic acids is 1. The van der Waals surface area contributed by atoms with Crippen molar-refractivity contribution in [1.82, 2.24) is 5.32 Å². The highest BCUT2D eigenvalue weighted by molar-refractivity contribution is 7.99. The highest BCUT2D eigenvalue weighted by atomic mass is 32.2. The van der Waals surface area contributed by atoms with Crippen molar-refractivity contribution >= 4 is 17.7 Å². The second-order valence-corrected chi connectivity index (χ2v) is 4.51. The number of hydrogen-bond donors (Lipinski definition) is 1. The fraction of sp³-hybridized carbons (Fsp3) is 0.900. The molecule has 1 aliphatic rings. The smallest absolute Gasteiger partial charge is 0.324 e. The van der Waals surface area contributed by atoms with Crippen molar-refractivity contribution in [2.75, 3.05) is 37.9 Å². The lowest BCUT2D eigenvalue weighted by atomic mass is 10.3. The minimum Gasteiger partial charge on any atom is -0.462 e. The first-order valence-electron chi connectivity index (χ1n) is 5.40. The normalized spacial score (nSPS) is 21.3. The molecule has 1 heterocycles. The molecule has 0 bridgehead atoms. The molecule has 1 N–H and O–H groups in total. The maximum atomic E-state index is 11.5. The fourth-order valence-corrected chi connectivity index (χ4v) is 2.18. The lowest BCUT2D eigenvalue weighted by Crippen LogP contribution is -2.44. The van der Waals surface area contributed by atoms with Gasteiger partial charge in [-0.25, -0.2) is 0 Å². The molecule has 15 heavy (non-hydrogen) atoms. The molecule has 0 aliphatic carbocycles. The number of thioether (sulfide) groups is 1. The first kappa shape index (κ1) is 12.8. The molecule has 0 aromatic heterocycles. The van der Waals surface area contributed by atoms with Gasteiger partial charge in [0.25, 0.3) is 0 Å². The van der Waals surface area contributed by atoms with Crippen LogP contribution in [0.1, 0.15) is 13.3 Å². The van der Waals surface area contributed by atoms with Crippen molar-refractivity contribution in [2.24, 2.45) is 0 Å². The van der Waals surface area contributed by atoms with Crippen LogP contribution in [0.5, 0.6) is 0 Å². The van der Waals surface area contributed by atoms with Gasteiger partial charge in [-0.15, -0.1) is 0 Å². The molecule has 0 saturated carbocycles. The van der Waals surface area contributed by atoms with Crippen molar-refractivity contribution < 1.29 is 14.3 Å². The minimum atomic E-state index is -0.151. The van der Waals surface area contributed by atoms with E-state index in [2.05, 4.69) is 12.2 Å². The Morgan fingerprint density at radius 1 is 1.47 bits per heavy atom. The molecule has 1 fully saturated rings. The van der Waals surface area contributed by atoms with Gasteiger partial charge in [-0.3, -0.25) is 4.79 Å². The van der Waals surface area contributed by atoms with Gasteiger partial charge in [-0.05, 0) is 6.42 Å². The molecule has 1 atom stereocenters. The summed E-state index contributed by atoms with van der Waals surface area (Å²) in [5, 5.41) is 3.13. The average molecular weight is 233 g/mol. The van der Waals surface area contributed by atoms with E-state index in [0.717, 1.165) is 31.1 Å². The molecule has 0 aromatic rings. The molecule has 4 nitrogen and oxygen atoms in total. The largest absolute Gasteiger partial charge is 0.462 e. The molecule has 0 radical (unpaired) electrons. The van der Waals surface area contributed by atoms with Crippen LogP contribution in [0.25, 0.3) is 0 Å². The van der Waals surface area contributed by atoms with Crippen molar-refractivity contribution in [3.8, 4) is 0 Å². The van der Waals surface area contributed by atoms with E-state index in [4.69, 9.17) is 9.47 Å². The van der Waals surface area contributed by atoms with Crippen LogP contribution in [0.3, 0.4) is 0 Å². The lowest BCUT2D eigenvalue weighted by Gasteiger charge is -2.21. The Morgan fingerprint density at radius 2 is 2.33 bits per heavy atom. The average Bonchev–Trinajstić information content (AvgIpc) is 2.30. The Bertz CT molecular complexity index is 184. The summed E-state index contributed by atoms with van der Waals surface area (Å²) in [7, 11) is 0. The first-order chi connectivity index (χ1) is 7.34. The Labute approximate surface area is 95.1 Å². The molecule has 1 saturated heterocycles. The molecule has 5 heteroatoms. The predicted molar refractivity (Wildman–Crippen MR) is 61.2 cm³/mol. The molecular formula is C10H19NO3S. The van der Waals surface area contributed by atoms with Crippen molar-refractivity contribution in [1.29, 1.82) is 0 Å².